The molecule has 0 amide bonds. The van der Waals surface area contributed by atoms with Gasteiger partial charge in [0.25, 0.3) is 0 Å². The van der Waals surface area contributed by atoms with Gasteiger partial charge in [-0.25, -0.2) is 4.79 Å². The minimum Gasteiger partial charge on any atom is -0.496 e. The molecule has 0 saturated heterocycles. The smallest absolute Gasteiger partial charge is 0.353 e. The second kappa shape index (κ2) is 6.06. The largest absolute Gasteiger partial charge is 0.496 e. The predicted octanol–water partition coefficient (Wildman–Crippen LogP) is 2.69. The third-order valence-electron chi connectivity index (χ3n) is 2.73. The van der Waals surface area contributed by atoms with Crippen molar-refractivity contribution in [2.45, 2.75) is 6.61 Å². The molecule has 2 rings (SSSR count). The molecule has 0 spiro atoms. The van der Waals surface area contributed by atoms with Crippen LogP contribution in [0.4, 0.5) is 0 Å². The quantitative estimate of drug-likeness (QED) is 0.874. The Morgan fingerprint density at radius 1 is 1.40 bits per heavy atom. The van der Waals surface area contributed by atoms with Crippen molar-refractivity contribution < 1.29 is 19.4 Å². The molecule has 0 saturated carbocycles. The van der Waals surface area contributed by atoms with Gasteiger partial charge in [0.15, 0.2) is 0 Å². The summed E-state index contributed by atoms with van der Waals surface area (Å²) in [6.45, 7) is 0.362. The van der Waals surface area contributed by atoms with Crippen LogP contribution in [-0.4, -0.2) is 35.5 Å². The maximum Gasteiger partial charge on any atom is 0.353 e. The van der Waals surface area contributed by atoms with E-state index < -0.39 is 5.97 Å². The number of hydrogen-bond donors (Lipinski definition) is 2. The predicted molar refractivity (Wildman–Crippen MR) is 75.9 cm³/mol. The van der Waals surface area contributed by atoms with Crippen molar-refractivity contribution >= 4 is 21.9 Å². The Balaban J connectivity index is 2.59. The van der Waals surface area contributed by atoms with Crippen LogP contribution < -0.4 is 4.74 Å². The number of methoxy groups -OCH3 is 2. The van der Waals surface area contributed by atoms with Crippen molar-refractivity contribution in [3.8, 4) is 17.0 Å². The first-order chi connectivity index (χ1) is 9.56. The second-order valence-electron chi connectivity index (χ2n) is 4.05. The summed E-state index contributed by atoms with van der Waals surface area (Å²) in [6.07, 6.45) is 0. The van der Waals surface area contributed by atoms with Gasteiger partial charge < -0.3 is 14.6 Å². The van der Waals surface area contributed by atoms with E-state index in [1.54, 1.807) is 20.3 Å². The first kappa shape index (κ1) is 14.5. The van der Waals surface area contributed by atoms with E-state index in [2.05, 4.69) is 26.1 Å². The third kappa shape index (κ3) is 2.83. The maximum atomic E-state index is 10.9. The molecule has 0 atom stereocenters. The molecule has 1 aromatic carbocycles. The Hall–Kier alpha value is -1.86. The summed E-state index contributed by atoms with van der Waals surface area (Å²) in [7, 11) is 3.14. The zero-order valence-corrected chi connectivity index (χ0v) is 12.5. The third-order valence-corrected chi connectivity index (χ3v) is 3.19. The summed E-state index contributed by atoms with van der Waals surface area (Å²) in [5.74, 6) is -0.469. The van der Waals surface area contributed by atoms with Crippen LogP contribution in [0.2, 0.25) is 0 Å². The first-order valence-corrected chi connectivity index (χ1v) is 6.50. The fourth-order valence-electron chi connectivity index (χ4n) is 1.92. The van der Waals surface area contributed by atoms with Gasteiger partial charge in [0.1, 0.15) is 11.4 Å². The Bertz CT molecular complexity index is 639. The summed E-state index contributed by atoms with van der Waals surface area (Å²) in [4.78, 5) is 10.9. The van der Waals surface area contributed by atoms with Gasteiger partial charge in [0.2, 0.25) is 0 Å². The Morgan fingerprint density at radius 3 is 2.70 bits per heavy atom. The van der Waals surface area contributed by atoms with Crippen molar-refractivity contribution in [3.63, 3.8) is 0 Å². The molecular formula is C13H13BrN2O4. The van der Waals surface area contributed by atoms with Gasteiger partial charge in [-0.2, -0.15) is 5.10 Å². The fraction of sp³-hybridized carbons (Fsp3) is 0.231. The highest BCUT2D eigenvalue weighted by Gasteiger charge is 2.17. The minimum atomic E-state index is -1.06. The number of carboxylic acid groups (broad SMARTS) is 1. The lowest BCUT2D eigenvalue weighted by Gasteiger charge is -2.12. The summed E-state index contributed by atoms with van der Waals surface area (Å²) in [6, 6.07) is 5.15. The summed E-state index contributed by atoms with van der Waals surface area (Å²) < 4.78 is 11.4. The van der Waals surface area contributed by atoms with Gasteiger partial charge in [-0.1, -0.05) is 15.9 Å². The zero-order chi connectivity index (χ0) is 14.7. The van der Waals surface area contributed by atoms with E-state index >= 15 is 0 Å². The van der Waals surface area contributed by atoms with Gasteiger partial charge in [0, 0.05) is 17.1 Å². The molecule has 0 radical (unpaired) electrons. The topological polar surface area (TPSA) is 84.4 Å². The first-order valence-electron chi connectivity index (χ1n) is 5.71. The Morgan fingerprint density at radius 2 is 2.15 bits per heavy atom. The number of nitrogens with one attached hydrogen (secondary N) is 1. The SMILES string of the molecule is COCc1cc(Br)cc(OC)c1-c1cc(C(=O)O)[nH]n1. The molecule has 0 aliphatic carbocycles. The van der Waals surface area contributed by atoms with Crippen molar-refractivity contribution in [2.24, 2.45) is 0 Å². The van der Waals surface area contributed by atoms with Crippen molar-refractivity contribution in [2.75, 3.05) is 14.2 Å². The van der Waals surface area contributed by atoms with Crippen LogP contribution in [0.1, 0.15) is 16.1 Å². The zero-order valence-electron chi connectivity index (χ0n) is 10.9. The molecule has 1 aromatic heterocycles. The number of carbonyl (C=O) groups is 1. The van der Waals surface area contributed by atoms with Crippen LogP contribution in [0, 0.1) is 0 Å². The molecule has 0 fully saturated rings. The van der Waals surface area contributed by atoms with Crippen LogP contribution in [0.15, 0.2) is 22.7 Å². The van der Waals surface area contributed by atoms with E-state index in [0.29, 0.717) is 23.6 Å². The summed E-state index contributed by atoms with van der Waals surface area (Å²) in [5.41, 5.74) is 2.08. The van der Waals surface area contributed by atoms with E-state index in [1.807, 2.05) is 6.07 Å². The van der Waals surface area contributed by atoms with Crippen molar-refractivity contribution in [3.05, 3.63) is 33.9 Å². The number of aromatic amines is 1. The standard InChI is InChI=1S/C13H13BrN2O4/c1-19-6-7-3-8(14)4-11(20-2)12(7)9-5-10(13(17)18)16-15-9/h3-5H,6H2,1-2H3,(H,15,16)(H,17,18). The highest BCUT2D eigenvalue weighted by molar-refractivity contribution is 9.10. The van der Waals surface area contributed by atoms with Crippen LogP contribution in [0.5, 0.6) is 5.75 Å². The molecule has 0 aliphatic rings. The monoisotopic (exact) mass is 340 g/mol. The molecule has 20 heavy (non-hydrogen) atoms. The van der Waals surface area contributed by atoms with Crippen molar-refractivity contribution in [1.29, 1.82) is 0 Å². The van der Waals surface area contributed by atoms with E-state index in [0.717, 1.165) is 10.0 Å². The van der Waals surface area contributed by atoms with E-state index in [4.69, 9.17) is 14.6 Å². The molecule has 0 aliphatic heterocycles. The summed E-state index contributed by atoms with van der Waals surface area (Å²) >= 11 is 3.40. The van der Waals surface area contributed by atoms with Crippen molar-refractivity contribution in [1.82, 2.24) is 10.2 Å². The van der Waals surface area contributed by atoms with Crippen LogP contribution >= 0.6 is 15.9 Å². The molecule has 2 aromatic rings. The number of benzene rings is 1. The average molecular weight is 341 g/mol. The van der Waals surface area contributed by atoms with Gasteiger partial charge in [-0.15, -0.1) is 0 Å². The lowest BCUT2D eigenvalue weighted by Crippen LogP contribution is -1.97. The van der Waals surface area contributed by atoms with Crippen LogP contribution in [0.3, 0.4) is 0 Å². The Kier molecular flexibility index (Phi) is 4.41. The number of aromatic nitrogens is 2. The minimum absolute atomic E-state index is 0.0216. The molecule has 6 nitrogen and oxygen atoms in total. The van der Waals surface area contributed by atoms with Gasteiger partial charge in [0.05, 0.1) is 19.4 Å². The number of H-pyrrole nitrogens is 1. The fourth-order valence-corrected chi connectivity index (χ4v) is 2.40. The van der Waals surface area contributed by atoms with Gasteiger partial charge in [-0.3, -0.25) is 5.10 Å². The molecule has 2 N–H and O–H groups in total. The lowest BCUT2D eigenvalue weighted by atomic mass is 10.0. The average Bonchev–Trinajstić information content (AvgIpc) is 2.87. The Labute approximate surface area is 123 Å². The van der Waals surface area contributed by atoms with Gasteiger partial charge >= 0.3 is 5.97 Å². The van der Waals surface area contributed by atoms with Gasteiger partial charge in [-0.05, 0) is 23.8 Å². The maximum absolute atomic E-state index is 10.9. The van der Waals surface area contributed by atoms with E-state index in [9.17, 15) is 4.79 Å². The number of aromatic carboxylic acids is 1. The molecular weight excluding hydrogens is 328 g/mol. The highest BCUT2D eigenvalue weighted by Crippen LogP contribution is 2.36. The number of carboxylic acids is 1. The number of rotatable bonds is 5. The van der Waals surface area contributed by atoms with Crippen LogP contribution in [0.25, 0.3) is 11.3 Å². The van der Waals surface area contributed by atoms with Crippen LogP contribution in [-0.2, 0) is 11.3 Å². The molecule has 7 heteroatoms. The highest BCUT2D eigenvalue weighted by atomic mass is 79.9. The number of hydrogen-bond acceptors (Lipinski definition) is 4. The summed E-state index contributed by atoms with van der Waals surface area (Å²) in [5, 5.41) is 15.5. The number of halogens is 1. The molecule has 1 heterocycles. The lowest BCUT2D eigenvalue weighted by molar-refractivity contribution is 0.0690. The van der Waals surface area contributed by atoms with E-state index in [-0.39, 0.29) is 5.69 Å². The molecule has 0 unspecified atom stereocenters. The molecule has 106 valence electrons. The number of ether oxygens (including phenoxy) is 2. The molecule has 0 bridgehead atoms. The normalized spacial score (nSPS) is 10.6. The van der Waals surface area contributed by atoms with E-state index in [1.165, 1.54) is 6.07 Å². The second-order valence-corrected chi connectivity index (χ2v) is 4.96. The number of nitrogens with zero attached hydrogens (tertiary/aromatic N) is 1.